The summed E-state index contributed by atoms with van der Waals surface area (Å²) in [4.78, 5) is 0. The van der Waals surface area contributed by atoms with Gasteiger partial charge in [-0.15, -0.1) is 0 Å². The van der Waals surface area contributed by atoms with Crippen LogP contribution in [0.2, 0.25) is 0 Å². The van der Waals surface area contributed by atoms with E-state index in [2.05, 4.69) is 20.8 Å². The summed E-state index contributed by atoms with van der Waals surface area (Å²) in [6.45, 7) is 7.29. The van der Waals surface area contributed by atoms with Gasteiger partial charge in [0.2, 0.25) is 0 Å². The lowest BCUT2D eigenvalue weighted by molar-refractivity contribution is 0.0223. The monoisotopic (exact) mass is 200 g/mol. The van der Waals surface area contributed by atoms with Crippen molar-refractivity contribution in [2.45, 2.75) is 46.5 Å². The second-order valence-corrected chi connectivity index (χ2v) is 5.54. The molecule has 0 aromatic rings. The number of aliphatic hydroxyl groups excluding tert-OH is 2. The summed E-state index contributed by atoms with van der Waals surface area (Å²) < 4.78 is 0. The average Bonchev–Trinajstić information content (AvgIpc) is 2.37. The van der Waals surface area contributed by atoms with Gasteiger partial charge in [-0.2, -0.15) is 0 Å². The van der Waals surface area contributed by atoms with Crippen LogP contribution in [0.3, 0.4) is 0 Å². The molecule has 14 heavy (non-hydrogen) atoms. The number of hydrogen-bond acceptors (Lipinski definition) is 2. The van der Waals surface area contributed by atoms with E-state index in [0.29, 0.717) is 12.5 Å². The van der Waals surface area contributed by atoms with Gasteiger partial charge in [-0.25, -0.2) is 0 Å². The van der Waals surface area contributed by atoms with Crippen molar-refractivity contribution in [1.29, 1.82) is 0 Å². The first-order chi connectivity index (χ1) is 6.48. The molecule has 1 saturated carbocycles. The highest BCUT2D eigenvalue weighted by molar-refractivity contribution is 4.99. The van der Waals surface area contributed by atoms with Crippen molar-refractivity contribution in [1.82, 2.24) is 0 Å². The Hall–Kier alpha value is -0.0800. The summed E-state index contributed by atoms with van der Waals surface area (Å²) in [6.07, 6.45) is 4.31. The fraction of sp³-hybridized carbons (Fsp3) is 1.00. The van der Waals surface area contributed by atoms with Crippen molar-refractivity contribution < 1.29 is 10.2 Å². The van der Waals surface area contributed by atoms with Crippen LogP contribution in [0, 0.1) is 16.7 Å². The fourth-order valence-electron chi connectivity index (χ4n) is 2.79. The fourth-order valence-corrected chi connectivity index (χ4v) is 2.79. The van der Waals surface area contributed by atoms with E-state index in [-0.39, 0.29) is 17.4 Å². The van der Waals surface area contributed by atoms with E-state index in [1.165, 1.54) is 6.42 Å². The van der Waals surface area contributed by atoms with Crippen molar-refractivity contribution in [3.05, 3.63) is 0 Å². The summed E-state index contributed by atoms with van der Waals surface area (Å²) in [6, 6.07) is 0. The molecule has 0 aliphatic heterocycles. The molecule has 2 unspecified atom stereocenters. The minimum atomic E-state index is 0.0765. The van der Waals surface area contributed by atoms with Crippen LogP contribution in [-0.4, -0.2) is 23.4 Å². The van der Waals surface area contributed by atoms with Crippen LogP contribution in [0.4, 0.5) is 0 Å². The molecule has 1 aliphatic carbocycles. The standard InChI is InChI=1S/C12H24O2/c1-11(2)10(5-4-8-13)6-7-12(11,3)9-14/h10,13-14H,4-9H2,1-3H3. The molecule has 1 rings (SSSR count). The van der Waals surface area contributed by atoms with E-state index < -0.39 is 0 Å². The molecule has 0 bridgehead atoms. The molecule has 1 aliphatic rings. The molecule has 0 aromatic heterocycles. The maximum atomic E-state index is 9.45. The molecular weight excluding hydrogens is 176 g/mol. The molecule has 2 atom stereocenters. The number of aliphatic hydroxyl groups is 2. The quantitative estimate of drug-likeness (QED) is 0.730. The zero-order valence-electron chi connectivity index (χ0n) is 9.71. The van der Waals surface area contributed by atoms with E-state index in [9.17, 15) is 5.11 Å². The normalized spacial score (nSPS) is 36.2. The van der Waals surface area contributed by atoms with Crippen molar-refractivity contribution >= 4 is 0 Å². The van der Waals surface area contributed by atoms with E-state index in [1.54, 1.807) is 0 Å². The first-order valence-electron chi connectivity index (χ1n) is 5.69. The molecule has 2 heteroatoms. The van der Waals surface area contributed by atoms with Crippen molar-refractivity contribution in [3.8, 4) is 0 Å². The van der Waals surface area contributed by atoms with Crippen molar-refractivity contribution in [3.63, 3.8) is 0 Å². The summed E-state index contributed by atoms with van der Waals surface area (Å²) in [5, 5.41) is 18.3. The molecule has 2 N–H and O–H groups in total. The number of rotatable bonds is 4. The molecule has 1 fully saturated rings. The van der Waals surface area contributed by atoms with Gasteiger partial charge in [0.1, 0.15) is 0 Å². The van der Waals surface area contributed by atoms with Gasteiger partial charge in [0.15, 0.2) is 0 Å². The third-order valence-corrected chi connectivity index (χ3v) is 4.68. The van der Waals surface area contributed by atoms with Gasteiger partial charge in [0.25, 0.3) is 0 Å². The molecular formula is C12H24O2. The molecule has 0 heterocycles. The minimum absolute atomic E-state index is 0.0765. The van der Waals surface area contributed by atoms with E-state index >= 15 is 0 Å². The zero-order chi connectivity index (χ0) is 10.8. The predicted molar refractivity (Wildman–Crippen MR) is 58.0 cm³/mol. The highest BCUT2D eigenvalue weighted by atomic mass is 16.3. The van der Waals surface area contributed by atoms with Crippen LogP contribution in [-0.2, 0) is 0 Å². The summed E-state index contributed by atoms with van der Waals surface area (Å²) >= 11 is 0. The largest absolute Gasteiger partial charge is 0.396 e. The Bertz CT molecular complexity index is 187. The lowest BCUT2D eigenvalue weighted by Gasteiger charge is -2.40. The predicted octanol–water partition coefficient (Wildman–Crippen LogP) is 2.19. The van der Waals surface area contributed by atoms with Gasteiger partial charge >= 0.3 is 0 Å². The van der Waals surface area contributed by atoms with Gasteiger partial charge in [0, 0.05) is 13.2 Å². The Morgan fingerprint density at radius 1 is 1.21 bits per heavy atom. The third-order valence-electron chi connectivity index (χ3n) is 4.68. The molecule has 0 amide bonds. The SMILES string of the molecule is CC1(CO)CCC(CCCO)C1(C)C. The van der Waals surface area contributed by atoms with Crippen LogP contribution in [0.5, 0.6) is 0 Å². The molecule has 0 spiro atoms. The Labute approximate surface area is 87.3 Å². The Morgan fingerprint density at radius 2 is 1.86 bits per heavy atom. The summed E-state index contributed by atoms with van der Waals surface area (Å²) in [5.74, 6) is 0.659. The van der Waals surface area contributed by atoms with Crippen molar-refractivity contribution in [2.24, 2.45) is 16.7 Å². The van der Waals surface area contributed by atoms with Crippen LogP contribution in [0.1, 0.15) is 46.5 Å². The highest BCUT2D eigenvalue weighted by Gasteiger charge is 2.50. The Balaban J connectivity index is 2.66. The highest BCUT2D eigenvalue weighted by Crippen LogP contribution is 2.56. The van der Waals surface area contributed by atoms with Gasteiger partial charge in [-0.1, -0.05) is 20.8 Å². The molecule has 0 saturated heterocycles. The Morgan fingerprint density at radius 3 is 2.29 bits per heavy atom. The van der Waals surface area contributed by atoms with Gasteiger partial charge in [-0.05, 0) is 42.4 Å². The van der Waals surface area contributed by atoms with Crippen LogP contribution < -0.4 is 0 Å². The van der Waals surface area contributed by atoms with Gasteiger partial charge in [0.05, 0.1) is 0 Å². The van der Waals surface area contributed by atoms with Gasteiger partial charge < -0.3 is 10.2 Å². The summed E-state index contributed by atoms with van der Waals surface area (Å²) in [7, 11) is 0. The van der Waals surface area contributed by atoms with E-state index in [0.717, 1.165) is 19.3 Å². The number of hydrogen-bond donors (Lipinski definition) is 2. The zero-order valence-corrected chi connectivity index (χ0v) is 9.71. The summed E-state index contributed by atoms with van der Waals surface area (Å²) in [5.41, 5.74) is 0.282. The van der Waals surface area contributed by atoms with E-state index in [4.69, 9.17) is 5.11 Å². The first-order valence-corrected chi connectivity index (χ1v) is 5.69. The minimum Gasteiger partial charge on any atom is -0.396 e. The maximum absolute atomic E-state index is 9.45. The smallest absolute Gasteiger partial charge is 0.0489 e. The topological polar surface area (TPSA) is 40.5 Å². The third kappa shape index (κ3) is 1.82. The molecule has 2 nitrogen and oxygen atoms in total. The molecule has 0 radical (unpaired) electrons. The second-order valence-electron chi connectivity index (χ2n) is 5.54. The second kappa shape index (κ2) is 4.19. The van der Waals surface area contributed by atoms with Crippen molar-refractivity contribution in [2.75, 3.05) is 13.2 Å². The van der Waals surface area contributed by atoms with Crippen LogP contribution in [0.15, 0.2) is 0 Å². The molecule has 84 valence electrons. The lowest BCUT2D eigenvalue weighted by Crippen LogP contribution is -2.37. The van der Waals surface area contributed by atoms with Crippen LogP contribution >= 0.6 is 0 Å². The molecule has 0 aromatic carbocycles. The lowest BCUT2D eigenvalue weighted by atomic mass is 9.65. The van der Waals surface area contributed by atoms with E-state index in [1.807, 2.05) is 0 Å². The Kier molecular flexibility index (Phi) is 3.59. The van der Waals surface area contributed by atoms with Gasteiger partial charge in [-0.3, -0.25) is 0 Å². The maximum Gasteiger partial charge on any atom is 0.0489 e. The average molecular weight is 200 g/mol. The first kappa shape index (κ1) is 12.0. The van der Waals surface area contributed by atoms with Crippen LogP contribution in [0.25, 0.3) is 0 Å².